The molecule has 2 aromatic rings. The first-order chi connectivity index (χ1) is 13.5. The highest BCUT2D eigenvalue weighted by atomic mass is 32.2. The minimum absolute atomic E-state index is 0.0207. The van der Waals surface area contributed by atoms with Gasteiger partial charge in [0.15, 0.2) is 13.1 Å². The number of rotatable bonds is 7. The van der Waals surface area contributed by atoms with E-state index < -0.39 is 0 Å². The summed E-state index contributed by atoms with van der Waals surface area (Å²) in [5.74, 6) is 0.196. The van der Waals surface area contributed by atoms with Crippen LogP contribution in [-0.4, -0.2) is 49.2 Å². The number of esters is 1. The summed E-state index contributed by atoms with van der Waals surface area (Å²) in [5.41, 5.74) is 1.85. The van der Waals surface area contributed by atoms with Gasteiger partial charge in [0.25, 0.3) is 5.91 Å². The van der Waals surface area contributed by atoms with Crippen LogP contribution in [0.1, 0.15) is 16.5 Å². The minimum atomic E-state index is -0.333. The van der Waals surface area contributed by atoms with Crippen LogP contribution in [0.4, 0.5) is 4.39 Å². The number of amides is 1. The number of likely N-dealkylation sites (N-methyl/N-ethyl adjacent to an activating group) is 1. The van der Waals surface area contributed by atoms with Gasteiger partial charge in [-0.25, -0.2) is 9.18 Å². The lowest BCUT2D eigenvalue weighted by molar-refractivity contribution is -0.863. The molecular formula is C21H24FN2O3S+. The van der Waals surface area contributed by atoms with Gasteiger partial charge in [0, 0.05) is 12.3 Å². The van der Waals surface area contributed by atoms with Crippen molar-refractivity contribution in [3.05, 3.63) is 71.5 Å². The van der Waals surface area contributed by atoms with E-state index >= 15 is 0 Å². The quantitative estimate of drug-likeness (QED) is 0.715. The van der Waals surface area contributed by atoms with Crippen LogP contribution >= 0.6 is 11.8 Å². The van der Waals surface area contributed by atoms with Gasteiger partial charge in [0.05, 0.1) is 7.05 Å². The lowest BCUT2D eigenvalue weighted by Gasteiger charge is -2.25. The van der Waals surface area contributed by atoms with E-state index in [2.05, 4.69) is 0 Å². The summed E-state index contributed by atoms with van der Waals surface area (Å²) in [5, 5.41) is -0.106. The van der Waals surface area contributed by atoms with Crippen molar-refractivity contribution in [2.75, 3.05) is 32.4 Å². The first kappa shape index (κ1) is 20.4. The lowest BCUT2D eigenvalue weighted by atomic mass is 10.2. The number of nitrogens with zero attached hydrogens (tertiary/aromatic N) is 1. The molecule has 5 nitrogen and oxygen atoms in total. The molecule has 1 fully saturated rings. The number of nitrogens with one attached hydrogen (secondary N) is 1. The van der Waals surface area contributed by atoms with Gasteiger partial charge in [-0.3, -0.25) is 4.79 Å². The maximum absolute atomic E-state index is 13.2. The summed E-state index contributed by atoms with van der Waals surface area (Å²) in [6.45, 7) is 1.22. The number of carbonyl (C=O) groups excluding carboxylic acids is 2. The molecule has 0 saturated carbocycles. The normalized spacial score (nSPS) is 17.4. The van der Waals surface area contributed by atoms with Crippen molar-refractivity contribution < 1.29 is 23.6 Å². The summed E-state index contributed by atoms with van der Waals surface area (Å²) in [7, 11) is 1.80. The molecule has 1 aliphatic heterocycles. The van der Waals surface area contributed by atoms with Gasteiger partial charge in [-0.2, -0.15) is 0 Å². The molecule has 1 heterocycles. The van der Waals surface area contributed by atoms with Gasteiger partial charge in [0.1, 0.15) is 17.8 Å². The highest BCUT2D eigenvalue weighted by Gasteiger charge is 2.32. The molecule has 2 aromatic carbocycles. The van der Waals surface area contributed by atoms with Crippen LogP contribution in [0.2, 0.25) is 0 Å². The fourth-order valence-electron chi connectivity index (χ4n) is 3.09. The van der Waals surface area contributed by atoms with E-state index in [1.165, 1.54) is 12.1 Å². The number of hydrogen-bond acceptors (Lipinski definition) is 4. The number of quaternary nitrogens is 1. The number of halogens is 1. The molecule has 148 valence electrons. The molecule has 1 unspecified atom stereocenters. The predicted molar refractivity (Wildman–Crippen MR) is 106 cm³/mol. The van der Waals surface area contributed by atoms with Crippen LogP contribution < -0.4 is 4.90 Å². The molecule has 1 N–H and O–H groups in total. The van der Waals surface area contributed by atoms with Crippen molar-refractivity contribution in [1.82, 2.24) is 4.90 Å². The molecule has 0 spiro atoms. The maximum Gasteiger partial charge on any atom is 0.362 e. The molecule has 1 saturated heterocycles. The fraction of sp³-hybridized carbons (Fsp3) is 0.333. The van der Waals surface area contributed by atoms with Crippen LogP contribution in [0.5, 0.6) is 0 Å². The summed E-state index contributed by atoms with van der Waals surface area (Å²) in [6.07, 6.45) is 0. The number of hydrogen-bond donors (Lipinski definition) is 1. The molecule has 2 atom stereocenters. The van der Waals surface area contributed by atoms with E-state index in [4.69, 9.17) is 4.74 Å². The first-order valence-electron chi connectivity index (χ1n) is 9.20. The van der Waals surface area contributed by atoms with Gasteiger partial charge in [-0.1, -0.05) is 42.5 Å². The van der Waals surface area contributed by atoms with E-state index in [-0.39, 0.29) is 42.8 Å². The van der Waals surface area contributed by atoms with Crippen molar-refractivity contribution in [1.29, 1.82) is 0 Å². The average molecular weight is 403 g/mol. The predicted octanol–water partition coefficient (Wildman–Crippen LogP) is 1.66. The summed E-state index contributed by atoms with van der Waals surface area (Å²) in [6, 6.07) is 15.8. The van der Waals surface area contributed by atoms with Gasteiger partial charge in [0.2, 0.25) is 0 Å². The average Bonchev–Trinajstić information content (AvgIpc) is 3.17. The van der Waals surface area contributed by atoms with E-state index in [1.54, 1.807) is 35.8 Å². The monoisotopic (exact) mass is 403 g/mol. The molecule has 0 bridgehead atoms. The Bertz CT molecular complexity index is 801. The zero-order chi connectivity index (χ0) is 19.9. The zero-order valence-electron chi connectivity index (χ0n) is 15.8. The Morgan fingerprint density at radius 1 is 1.14 bits per heavy atom. The molecule has 3 rings (SSSR count). The largest absolute Gasteiger partial charge is 0.457 e. The van der Waals surface area contributed by atoms with Gasteiger partial charge < -0.3 is 14.5 Å². The topological polar surface area (TPSA) is 51.1 Å². The summed E-state index contributed by atoms with van der Waals surface area (Å²) >= 11 is 1.67. The SMILES string of the molecule is C[NH+](CC(=O)OCc1ccccc1)CC(=O)N1CCS[C@H]1c1ccc(F)cc1. The number of benzene rings is 2. The smallest absolute Gasteiger partial charge is 0.362 e. The first-order valence-corrected chi connectivity index (χ1v) is 10.2. The number of carbonyl (C=O) groups is 2. The Labute approximate surface area is 168 Å². The molecule has 0 aromatic heterocycles. The van der Waals surface area contributed by atoms with Crippen LogP contribution in [0.3, 0.4) is 0 Å². The molecule has 28 heavy (non-hydrogen) atoms. The van der Waals surface area contributed by atoms with Gasteiger partial charge in [-0.05, 0) is 23.3 Å². The third-order valence-electron chi connectivity index (χ3n) is 4.51. The molecule has 0 aliphatic carbocycles. The van der Waals surface area contributed by atoms with Crippen molar-refractivity contribution in [3.63, 3.8) is 0 Å². The highest BCUT2D eigenvalue weighted by Crippen LogP contribution is 2.37. The van der Waals surface area contributed by atoms with Crippen molar-refractivity contribution in [2.24, 2.45) is 0 Å². The molecule has 1 aliphatic rings. The lowest BCUT2D eigenvalue weighted by Crippen LogP contribution is -3.11. The second kappa shape index (κ2) is 9.71. The highest BCUT2D eigenvalue weighted by molar-refractivity contribution is 7.99. The Balaban J connectivity index is 1.49. The fourth-order valence-corrected chi connectivity index (χ4v) is 4.36. The third kappa shape index (κ3) is 5.56. The zero-order valence-corrected chi connectivity index (χ0v) is 16.6. The second-order valence-electron chi connectivity index (χ2n) is 6.82. The van der Waals surface area contributed by atoms with Crippen molar-refractivity contribution in [2.45, 2.75) is 12.0 Å². The van der Waals surface area contributed by atoms with Crippen LogP contribution in [0, 0.1) is 5.82 Å². The molecule has 7 heteroatoms. The summed E-state index contributed by atoms with van der Waals surface area (Å²) < 4.78 is 18.4. The third-order valence-corrected chi connectivity index (χ3v) is 5.77. The summed E-state index contributed by atoms with van der Waals surface area (Å²) in [4.78, 5) is 27.4. The number of ether oxygens (including phenoxy) is 1. The van der Waals surface area contributed by atoms with E-state index in [1.807, 2.05) is 30.3 Å². The van der Waals surface area contributed by atoms with E-state index in [0.29, 0.717) is 6.54 Å². The minimum Gasteiger partial charge on any atom is -0.457 e. The Hall–Kier alpha value is -2.38. The Morgan fingerprint density at radius 2 is 1.86 bits per heavy atom. The van der Waals surface area contributed by atoms with Crippen LogP contribution in [0.25, 0.3) is 0 Å². The second-order valence-corrected chi connectivity index (χ2v) is 8.01. The standard InChI is InChI=1S/C21H23FN2O3S/c1-23(14-20(26)27-15-16-5-3-2-4-6-16)13-19(25)24-11-12-28-21(24)17-7-9-18(22)10-8-17/h2-10,21H,11-15H2,1H3/p+1/t21-/m0/s1. The van der Waals surface area contributed by atoms with Crippen LogP contribution in [0.15, 0.2) is 54.6 Å². The van der Waals surface area contributed by atoms with Crippen LogP contribution in [-0.2, 0) is 20.9 Å². The molecule has 1 amide bonds. The van der Waals surface area contributed by atoms with Gasteiger partial charge >= 0.3 is 5.97 Å². The van der Waals surface area contributed by atoms with Crippen molar-refractivity contribution in [3.8, 4) is 0 Å². The maximum atomic E-state index is 13.2. The van der Waals surface area contributed by atoms with E-state index in [0.717, 1.165) is 21.8 Å². The Kier molecular flexibility index (Phi) is 7.06. The van der Waals surface area contributed by atoms with Crippen molar-refractivity contribution >= 4 is 23.6 Å². The van der Waals surface area contributed by atoms with Gasteiger partial charge in [-0.15, -0.1) is 11.8 Å². The Morgan fingerprint density at radius 3 is 2.57 bits per heavy atom. The van der Waals surface area contributed by atoms with E-state index in [9.17, 15) is 14.0 Å². The molecule has 0 radical (unpaired) electrons. The molecular weight excluding hydrogens is 379 g/mol. The number of thioether (sulfide) groups is 1.